The minimum Gasteiger partial charge on any atom is -0.352 e. The number of rotatable bonds is 4. The van der Waals surface area contributed by atoms with Gasteiger partial charge in [0.25, 0.3) is 5.91 Å². The van der Waals surface area contributed by atoms with Crippen molar-refractivity contribution in [3.63, 3.8) is 0 Å². The van der Waals surface area contributed by atoms with Crippen LogP contribution in [0, 0.1) is 11.3 Å². The Balaban J connectivity index is 1.33. The summed E-state index contributed by atoms with van der Waals surface area (Å²) in [7, 11) is 0. The zero-order chi connectivity index (χ0) is 20.1. The SMILES string of the molecule is CC1CC(C)(C)CC2(C1)NC(=O)N(CC(=O)NC1CCN(C3CC3)CC1)C2=O. The van der Waals surface area contributed by atoms with Gasteiger partial charge < -0.3 is 15.5 Å². The van der Waals surface area contributed by atoms with E-state index in [9.17, 15) is 14.4 Å². The highest BCUT2D eigenvalue weighted by molar-refractivity contribution is 6.09. The van der Waals surface area contributed by atoms with E-state index in [0.717, 1.165) is 43.3 Å². The summed E-state index contributed by atoms with van der Waals surface area (Å²) < 4.78 is 0. The molecule has 2 saturated carbocycles. The third-order valence-electron chi connectivity index (χ3n) is 6.88. The minimum absolute atomic E-state index is 0.00555. The summed E-state index contributed by atoms with van der Waals surface area (Å²) in [5.74, 6) is -0.0946. The largest absolute Gasteiger partial charge is 0.352 e. The Morgan fingerprint density at radius 1 is 1.14 bits per heavy atom. The maximum atomic E-state index is 13.1. The Morgan fingerprint density at radius 2 is 1.82 bits per heavy atom. The van der Waals surface area contributed by atoms with Crippen LogP contribution in [0.5, 0.6) is 0 Å². The van der Waals surface area contributed by atoms with Crippen LogP contribution in [0.15, 0.2) is 0 Å². The Morgan fingerprint density at radius 3 is 2.43 bits per heavy atom. The zero-order valence-corrected chi connectivity index (χ0v) is 17.4. The molecular formula is C21H34N4O3. The molecule has 2 aliphatic carbocycles. The van der Waals surface area contributed by atoms with Crippen LogP contribution < -0.4 is 10.6 Å². The van der Waals surface area contributed by atoms with Gasteiger partial charge in [0.15, 0.2) is 0 Å². The first kappa shape index (κ1) is 19.7. The van der Waals surface area contributed by atoms with Crippen LogP contribution in [-0.2, 0) is 9.59 Å². The molecular weight excluding hydrogens is 356 g/mol. The van der Waals surface area contributed by atoms with Crippen LogP contribution in [0.4, 0.5) is 4.79 Å². The average Bonchev–Trinajstić information content (AvgIpc) is 3.39. The molecule has 4 aliphatic rings. The highest BCUT2D eigenvalue weighted by Gasteiger charge is 2.56. The summed E-state index contributed by atoms with van der Waals surface area (Å²) in [6.07, 6.45) is 6.82. The molecule has 2 atom stereocenters. The van der Waals surface area contributed by atoms with Crippen LogP contribution in [0.3, 0.4) is 0 Å². The van der Waals surface area contributed by atoms with E-state index in [0.29, 0.717) is 18.8 Å². The second-order valence-electron chi connectivity index (χ2n) is 10.4. The Kier molecular flexibility index (Phi) is 4.92. The van der Waals surface area contributed by atoms with Gasteiger partial charge in [0.05, 0.1) is 0 Å². The maximum Gasteiger partial charge on any atom is 0.325 e. The Bertz CT molecular complexity index is 667. The lowest BCUT2D eigenvalue weighted by Gasteiger charge is -2.43. The van der Waals surface area contributed by atoms with Gasteiger partial charge in [-0.2, -0.15) is 0 Å². The van der Waals surface area contributed by atoms with Gasteiger partial charge in [-0.1, -0.05) is 20.8 Å². The van der Waals surface area contributed by atoms with E-state index in [4.69, 9.17) is 0 Å². The number of amides is 4. The van der Waals surface area contributed by atoms with Crippen molar-refractivity contribution in [3.05, 3.63) is 0 Å². The van der Waals surface area contributed by atoms with Crippen molar-refractivity contribution >= 4 is 17.8 Å². The minimum atomic E-state index is -0.839. The van der Waals surface area contributed by atoms with E-state index in [2.05, 4.69) is 36.3 Å². The summed E-state index contributed by atoms with van der Waals surface area (Å²) in [6, 6.07) is 0.486. The number of carbonyl (C=O) groups excluding carboxylic acids is 3. The lowest BCUT2D eigenvalue weighted by Crippen LogP contribution is -2.54. The van der Waals surface area contributed by atoms with Crippen LogP contribution in [0.1, 0.15) is 65.7 Å². The number of nitrogens with zero attached hydrogens (tertiary/aromatic N) is 2. The molecule has 2 aliphatic heterocycles. The molecule has 2 N–H and O–H groups in total. The van der Waals surface area contributed by atoms with Crippen molar-refractivity contribution in [2.24, 2.45) is 11.3 Å². The maximum absolute atomic E-state index is 13.1. The van der Waals surface area contributed by atoms with E-state index in [1.54, 1.807) is 0 Å². The quantitative estimate of drug-likeness (QED) is 0.718. The van der Waals surface area contributed by atoms with Crippen LogP contribution in [0.25, 0.3) is 0 Å². The fourth-order valence-electron chi connectivity index (χ4n) is 5.92. The van der Waals surface area contributed by atoms with Crippen molar-refractivity contribution in [1.82, 2.24) is 20.4 Å². The van der Waals surface area contributed by atoms with Crippen LogP contribution in [0.2, 0.25) is 0 Å². The summed E-state index contributed by atoms with van der Waals surface area (Å²) in [5.41, 5.74) is -0.845. The molecule has 2 saturated heterocycles. The first-order chi connectivity index (χ1) is 13.2. The molecule has 1 spiro atoms. The smallest absolute Gasteiger partial charge is 0.325 e. The molecule has 0 radical (unpaired) electrons. The third-order valence-corrected chi connectivity index (χ3v) is 6.88. The summed E-state index contributed by atoms with van der Waals surface area (Å²) in [5, 5.41) is 5.98. The number of hydrogen-bond acceptors (Lipinski definition) is 4. The lowest BCUT2D eigenvalue weighted by molar-refractivity contribution is -0.137. The fourth-order valence-corrected chi connectivity index (χ4v) is 5.92. The van der Waals surface area contributed by atoms with Crippen molar-refractivity contribution in [2.45, 2.75) is 83.3 Å². The molecule has 28 heavy (non-hydrogen) atoms. The normalized spacial score (nSPS) is 34.0. The molecule has 4 rings (SSSR count). The lowest BCUT2D eigenvalue weighted by atomic mass is 9.64. The second kappa shape index (κ2) is 7.01. The zero-order valence-electron chi connectivity index (χ0n) is 17.4. The van der Waals surface area contributed by atoms with Crippen molar-refractivity contribution in [3.8, 4) is 0 Å². The molecule has 4 fully saturated rings. The van der Waals surface area contributed by atoms with Crippen molar-refractivity contribution in [2.75, 3.05) is 19.6 Å². The van der Waals surface area contributed by atoms with E-state index < -0.39 is 11.6 Å². The van der Waals surface area contributed by atoms with Gasteiger partial charge in [-0.15, -0.1) is 0 Å². The summed E-state index contributed by atoms with van der Waals surface area (Å²) >= 11 is 0. The van der Waals surface area contributed by atoms with Crippen molar-refractivity contribution < 1.29 is 14.4 Å². The van der Waals surface area contributed by atoms with E-state index >= 15 is 0 Å². The monoisotopic (exact) mass is 390 g/mol. The fraction of sp³-hybridized carbons (Fsp3) is 0.857. The molecule has 0 aromatic rings. The second-order valence-corrected chi connectivity index (χ2v) is 10.4. The van der Waals surface area contributed by atoms with Gasteiger partial charge in [-0.05, 0) is 56.3 Å². The summed E-state index contributed by atoms with van der Waals surface area (Å²) in [6.45, 7) is 8.29. The molecule has 7 nitrogen and oxygen atoms in total. The van der Waals surface area contributed by atoms with E-state index in [1.807, 2.05) is 0 Å². The molecule has 0 aromatic carbocycles. The van der Waals surface area contributed by atoms with Crippen LogP contribution >= 0.6 is 0 Å². The van der Waals surface area contributed by atoms with Gasteiger partial charge in [-0.3, -0.25) is 14.5 Å². The number of nitrogens with one attached hydrogen (secondary N) is 2. The van der Waals surface area contributed by atoms with Gasteiger partial charge in [0.2, 0.25) is 5.91 Å². The molecule has 4 amide bonds. The molecule has 7 heteroatoms. The predicted molar refractivity (Wildman–Crippen MR) is 106 cm³/mol. The predicted octanol–water partition coefficient (Wildman–Crippen LogP) is 1.87. The van der Waals surface area contributed by atoms with Gasteiger partial charge in [-0.25, -0.2) is 4.79 Å². The van der Waals surface area contributed by atoms with Gasteiger partial charge in [0, 0.05) is 25.2 Å². The van der Waals surface area contributed by atoms with Crippen molar-refractivity contribution in [1.29, 1.82) is 0 Å². The highest BCUT2D eigenvalue weighted by Crippen LogP contribution is 2.46. The number of urea groups is 1. The average molecular weight is 391 g/mol. The number of hydrogen-bond donors (Lipinski definition) is 2. The Hall–Kier alpha value is -1.63. The first-order valence-electron chi connectivity index (χ1n) is 10.8. The number of carbonyl (C=O) groups is 3. The topological polar surface area (TPSA) is 81.8 Å². The number of piperidine rings is 1. The Labute approximate surface area is 167 Å². The molecule has 156 valence electrons. The molecule has 2 unspecified atom stereocenters. The third kappa shape index (κ3) is 3.91. The molecule has 0 aromatic heterocycles. The summed E-state index contributed by atoms with van der Waals surface area (Å²) in [4.78, 5) is 41.9. The first-order valence-corrected chi connectivity index (χ1v) is 10.8. The van der Waals surface area contributed by atoms with Gasteiger partial charge >= 0.3 is 6.03 Å². The van der Waals surface area contributed by atoms with E-state index in [1.165, 1.54) is 12.8 Å². The van der Waals surface area contributed by atoms with Gasteiger partial charge in [0.1, 0.15) is 12.1 Å². The highest BCUT2D eigenvalue weighted by atomic mass is 16.2. The molecule has 0 bridgehead atoms. The number of likely N-dealkylation sites (tertiary alicyclic amines) is 1. The molecule has 2 heterocycles. The number of imide groups is 1. The van der Waals surface area contributed by atoms with E-state index in [-0.39, 0.29) is 29.8 Å². The standard InChI is InChI=1S/C21H34N4O3/c1-14-10-20(2,3)13-21(11-14)18(27)25(19(28)23-21)12-17(26)22-15-6-8-24(9-7-15)16-4-5-16/h14-16H,4-13H2,1-3H3,(H,22,26)(H,23,28). The van der Waals surface area contributed by atoms with Crippen LogP contribution in [-0.4, -0.2) is 64.9 Å².